The van der Waals surface area contributed by atoms with E-state index in [-0.39, 0.29) is 28.4 Å². The van der Waals surface area contributed by atoms with Crippen LogP contribution in [0.5, 0.6) is 0 Å². The maximum Gasteiger partial charge on any atom is 0.218 e. The molecule has 1 atom stereocenters. The first-order chi connectivity index (χ1) is 13.9. The number of nitrogens with zero attached hydrogens (tertiary/aromatic N) is 4. The Morgan fingerprint density at radius 3 is 2.53 bits per heavy atom. The molecule has 0 saturated carbocycles. The van der Waals surface area contributed by atoms with Gasteiger partial charge < -0.3 is 5.73 Å². The van der Waals surface area contributed by atoms with Crippen LogP contribution in [0.15, 0.2) is 35.6 Å². The number of aromatic nitrogens is 2. The Labute approximate surface area is 174 Å². The molecule has 2 aromatic rings. The Hall–Kier alpha value is -2.87. The molecule has 1 aliphatic rings. The smallest absolute Gasteiger partial charge is 0.218 e. The lowest BCUT2D eigenvalue weighted by atomic mass is 9.93. The molecule has 0 radical (unpaired) electrons. The molecule has 158 valence electrons. The molecule has 3 heterocycles. The minimum Gasteiger partial charge on any atom is -0.386 e. The summed E-state index contributed by atoms with van der Waals surface area (Å²) in [4.78, 5) is 11.9. The van der Waals surface area contributed by atoms with E-state index in [0.717, 1.165) is 12.3 Å². The second-order valence-corrected chi connectivity index (χ2v) is 10.4. The first-order valence-electron chi connectivity index (χ1n) is 8.91. The molecular weight excluding hydrogens is 412 g/mol. The number of halogens is 2. The summed E-state index contributed by atoms with van der Waals surface area (Å²) in [5.41, 5.74) is 5.08. The second-order valence-electron chi connectivity index (χ2n) is 7.74. The molecule has 2 aromatic heterocycles. The molecule has 0 saturated heterocycles. The van der Waals surface area contributed by atoms with Gasteiger partial charge in [-0.25, -0.2) is 9.37 Å². The Bertz CT molecular complexity index is 1090. The number of aliphatic imine (C=N–C) groups is 1. The summed E-state index contributed by atoms with van der Waals surface area (Å²) in [5.74, 6) is -1.83. The van der Waals surface area contributed by atoms with Crippen LogP contribution >= 0.6 is 10.6 Å². The van der Waals surface area contributed by atoms with Crippen LogP contribution < -0.4 is 5.73 Å². The second kappa shape index (κ2) is 7.43. The minimum atomic E-state index is -3.24. The van der Waals surface area contributed by atoms with Crippen molar-refractivity contribution in [2.24, 2.45) is 10.7 Å². The van der Waals surface area contributed by atoms with Crippen molar-refractivity contribution in [1.29, 1.82) is 5.26 Å². The zero-order valence-corrected chi connectivity index (χ0v) is 17.4. The van der Waals surface area contributed by atoms with Crippen molar-refractivity contribution in [2.75, 3.05) is 5.75 Å². The van der Waals surface area contributed by atoms with Gasteiger partial charge in [-0.05, 0) is 50.6 Å². The summed E-state index contributed by atoms with van der Waals surface area (Å²) in [6.07, 6.45) is 3.50. The molecule has 0 amide bonds. The van der Waals surface area contributed by atoms with Crippen LogP contribution in [-0.2, 0) is 5.54 Å². The molecule has 7 nitrogen and oxygen atoms in total. The molecule has 0 bridgehead atoms. The highest BCUT2D eigenvalue weighted by molar-refractivity contribution is 8.26. The quantitative estimate of drug-likeness (QED) is 0.626. The van der Waals surface area contributed by atoms with E-state index in [9.17, 15) is 17.9 Å². The van der Waals surface area contributed by atoms with Crippen molar-refractivity contribution in [2.45, 2.75) is 31.1 Å². The van der Waals surface area contributed by atoms with Gasteiger partial charge in [-0.15, -0.1) is 0 Å². The van der Waals surface area contributed by atoms with Gasteiger partial charge in [-0.1, -0.05) is 0 Å². The largest absolute Gasteiger partial charge is 0.386 e. The zero-order valence-electron chi connectivity index (χ0n) is 16.6. The summed E-state index contributed by atoms with van der Waals surface area (Å²) < 4.78 is 49.2. The van der Waals surface area contributed by atoms with E-state index in [1.165, 1.54) is 31.3 Å². The predicted molar refractivity (Wildman–Crippen MR) is 113 cm³/mol. The number of rotatable bonds is 3. The monoisotopic (exact) mass is 433 g/mol. The average molecular weight is 433 g/mol. The van der Waals surface area contributed by atoms with Crippen molar-refractivity contribution < 1.29 is 17.9 Å². The van der Waals surface area contributed by atoms with E-state index >= 15 is 0 Å². The predicted octanol–water partition coefficient (Wildman–Crippen LogP) is 4.07. The number of pyridine rings is 2. The van der Waals surface area contributed by atoms with Gasteiger partial charge in [-0.2, -0.15) is 20.2 Å². The van der Waals surface area contributed by atoms with Crippen molar-refractivity contribution in [1.82, 2.24) is 9.97 Å². The van der Waals surface area contributed by atoms with Crippen molar-refractivity contribution >= 4 is 28.3 Å². The third-order valence-corrected chi connectivity index (χ3v) is 7.96. The third-order valence-electron chi connectivity index (χ3n) is 5.15. The summed E-state index contributed by atoms with van der Waals surface area (Å²) in [6, 6.07) is 6.02. The number of amidine groups is 1. The third kappa shape index (κ3) is 3.79. The van der Waals surface area contributed by atoms with E-state index in [1.807, 2.05) is 6.07 Å². The SMILES string of the molecule is CC1(c2cc(C=C(F)c3ccc(C#N)cn3)cnc2F)CS(O)(O)C(C)(C)C(N)=N1. The van der Waals surface area contributed by atoms with E-state index < -0.39 is 32.7 Å². The Balaban J connectivity index is 2.03. The number of nitriles is 1. The van der Waals surface area contributed by atoms with Crippen LogP contribution in [-0.4, -0.2) is 35.4 Å². The number of hydrogen-bond donors (Lipinski definition) is 3. The molecule has 1 aliphatic heterocycles. The van der Waals surface area contributed by atoms with Crippen molar-refractivity contribution in [3.05, 3.63) is 58.9 Å². The first kappa shape index (κ1) is 21.8. The Morgan fingerprint density at radius 2 is 1.97 bits per heavy atom. The van der Waals surface area contributed by atoms with Gasteiger partial charge in [0.2, 0.25) is 5.95 Å². The fourth-order valence-corrected chi connectivity index (χ4v) is 4.80. The van der Waals surface area contributed by atoms with Crippen LogP contribution in [0.1, 0.15) is 43.2 Å². The van der Waals surface area contributed by atoms with Crippen LogP contribution in [0.3, 0.4) is 0 Å². The molecule has 3 rings (SSSR count). The van der Waals surface area contributed by atoms with E-state index in [4.69, 9.17) is 11.0 Å². The van der Waals surface area contributed by atoms with E-state index in [0.29, 0.717) is 5.56 Å². The highest BCUT2D eigenvalue weighted by Crippen LogP contribution is 2.59. The lowest BCUT2D eigenvalue weighted by molar-refractivity contribution is 0.413. The zero-order chi connectivity index (χ0) is 22.3. The fourth-order valence-electron chi connectivity index (χ4n) is 3.05. The van der Waals surface area contributed by atoms with E-state index in [1.54, 1.807) is 13.8 Å². The summed E-state index contributed by atoms with van der Waals surface area (Å²) in [6.45, 7) is 4.65. The molecule has 0 aliphatic carbocycles. The fraction of sp³-hybridized carbons (Fsp3) is 0.300. The summed E-state index contributed by atoms with van der Waals surface area (Å²) >= 11 is 0. The highest BCUT2D eigenvalue weighted by Gasteiger charge is 2.49. The molecule has 0 aromatic carbocycles. The van der Waals surface area contributed by atoms with Crippen LogP contribution in [0.2, 0.25) is 0 Å². The Morgan fingerprint density at radius 1 is 1.27 bits per heavy atom. The van der Waals surface area contributed by atoms with Crippen molar-refractivity contribution in [3.63, 3.8) is 0 Å². The highest BCUT2D eigenvalue weighted by atomic mass is 32.3. The van der Waals surface area contributed by atoms with Crippen molar-refractivity contribution in [3.8, 4) is 6.07 Å². The molecule has 1 unspecified atom stereocenters. The average Bonchev–Trinajstić information content (AvgIpc) is 2.67. The van der Waals surface area contributed by atoms with E-state index in [2.05, 4.69) is 15.0 Å². The topological polar surface area (TPSA) is 128 Å². The maximum absolute atomic E-state index is 14.6. The van der Waals surface area contributed by atoms with Gasteiger partial charge in [0.25, 0.3) is 0 Å². The molecule has 0 fully saturated rings. The Kier molecular flexibility index (Phi) is 5.41. The van der Waals surface area contributed by atoms with Crippen LogP contribution in [0.25, 0.3) is 11.9 Å². The summed E-state index contributed by atoms with van der Waals surface area (Å²) in [5, 5.41) is 8.80. The molecule has 10 heteroatoms. The summed E-state index contributed by atoms with van der Waals surface area (Å²) in [7, 11) is -3.24. The van der Waals surface area contributed by atoms with Gasteiger partial charge in [0.05, 0.1) is 17.0 Å². The standard InChI is InChI=1S/C20H21F2N5O2S/c1-19(2)18(24)27-20(3,11-30(19,28)29)14-6-13(10-26-17(14)22)7-15(21)16-5-4-12(8-23)9-25-16/h4-7,9-10,28-29H,11H2,1-3H3,(H2,24,27). The van der Waals surface area contributed by atoms with Gasteiger partial charge >= 0.3 is 0 Å². The van der Waals surface area contributed by atoms with Crippen LogP contribution in [0.4, 0.5) is 8.78 Å². The van der Waals surface area contributed by atoms with Crippen LogP contribution in [0, 0.1) is 17.3 Å². The van der Waals surface area contributed by atoms with Gasteiger partial charge in [0.1, 0.15) is 28.0 Å². The molecular formula is C20H21F2N5O2S. The van der Waals surface area contributed by atoms with Gasteiger partial charge in [0.15, 0.2) is 0 Å². The van der Waals surface area contributed by atoms with Gasteiger partial charge in [-0.3, -0.25) is 19.1 Å². The molecule has 4 N–H and O–H groups in total. The number of hydrogen-bond acceptors (Lipinski definition) is 7. The normalized spacial score (nSPS) is 23.9. The lowest BCUT2D eigenvalue weighted by Crippen LogP contribution is -2.52. The lowest BCUT2D eigenvalue weighted by Gasteiger charge is -2.53. The first-order valence-corrected chi connectivity index (χ1v) is 10.6. The minimum absolute atomic E-state index is 0.00180. The van der Waals surface area contributed by atoms with Gasteiger partial charge in [0, 0.05) is 18.0 Å². The number of nitrogens with two attached hydrogens (primary N) is 1. The molecule has 30 heavy (non-hydrogen) atoms. The molecule has 0 spiro atoms. The maximum atomic E-state index is 14.6.